The number of carboxylic acid groups (broad SMARTS) is 1. The van der Waals surface area contributed by atoms with Gasteiger partial charge in [-0.1, -0.05) is 12.1 Å². The minimum absolute atomic E-state index is 0.0516. The lowest BCUT2D eigenvalue weighted by atomic mass is 9.72. The summed E-state index contributed by atoms with van der Waals surface area (Å²) in [5, 5.41) is 20.4. The van der Waals surface area contributed by atoms with Gasteiger partial charge in [0.05, 0.1) is 6.10 Å². The second kappa shape index (κ2) is 7.35. The van der Waals surface area contributed by atoms with E-state index < -0.39 is 23.3 Å². The average Bonchev–Trinajstić information content (AvgIpc) is 2.60. The van der Waals surface area contributed by atoms with Gasteiger partial charge < -0.3 is 15.9 Å². The van der Waals surface area contributed by atoms with E-state index in [4.69, 9.17) is 5.73 Å². The van der Waals surface area contributed by atoms with Crippen LogP contribution < -0.4 is 5.73 Å². The topological polar surface area (TPSA) is 113 Å². The van der Waals surface area contributed by atoms with E-state index in [-0.39, 0.29) is 18.9 Å². The normalized spacial score (nSPS) is 23.7. The number of benzene rings is 1. The molecule has 1 aromatic heterocycles. The van der Waals surface area contributed by atoms with Gasteiger partial charge in [0.25, 0.3) is 0 Å². The summed E-state index contributed by atoms with van der Waals surface area (Å²) in [7, 11) is 0. The predicted octanol–water partition coefficient (Wildman–Crippen LogP) is 1.08. The van der Waals surface area contributed by atoms with Gasteiger partial charge in [-0.25, -0.2) is 14.4 Å². The van der Waals surface area contributed by atoms with Crippen LogP contribution in [0.15, 0.2) is 36.7 Å². The van der Waals surface area contributed by atoms with Crippen molar-refractivity contribution in [1.29, 1.82) is 0 Å². The summed E-state index contributed by atoms with van der Waals surface area (Å²) in [5.74, 6) is -1.34. The number of aliphatic carboxylic acids is 1. The van der Waals surface area contributed by atoms with Crippen LogP contribution >= 0.6 is 0 Å². The molecule has 4 N–H and O–H groups in total. The lowest BCUT2D eigenvalue weighted by Gasteiger charge is -2.43. The first-order chi connectivity index (χ1) is 12.4. The van der Waals surface area contributed by atoms with Gasteiger partial charge >= 0.3 is 5.97 Å². The second-order valence-corrected chi connectivity index (χ2v) is 6.73. The van der Waals surface area contributed by atoms with Crippen molar-refractivity contribution >= 4 is 11.9 Å². The van der Waals surface area contributed by atoms with Crippen molar-refractivity contribution in [2.24, 2.45) is 5.41 Å². The Morgan fingerprint density at radius 3 is 2.73 bits per heavy atom. The molecule has 7 nitrogen and oxygen atoms in total. The fourth-order valence-electron chi connectivity index (χ4n) is 3.47. The third-order valence-electron chi connectivity index (χ3n) is 4.83. The molecule has 0 amide bonds. The van der Waals surface area contributed by atoms with Crippen LogP contribution in [-0.2, 0) is 17.8 Å². The molecule has 3 rings (SSSR count). The largest absolute Gasteiger partial charge is 0.481 e. The first-order valence-corrected chi connectivity index (χ1v) is 8.34. The average molecular weight is 360 g/mol. The first kappa shape index (κ1) is 18.2. The molecular weight excluding hydrogens is 339 g/mol. The molecule has 138 valence electrons. The summed E-state index contributed by atoms with van der Waals surface area (Å²) in [6.45, 7) is 1.14. The summed E-state index contributed by atoms with van der Waals surface area (Å²) in [4.78, 5) is 21.9. The maximum atomic E-state index is 13.5. The van der Waals surface area contributed by atoms with Crippen LogP contribution in [0.3, 0.4) is 0 Å². The Morgan fingerprint density at radius 1 is 1.35 bits per heavy atom. The maximum Gasteiger partial charge on any atom is 0.313 e. The molecule has 1 saturated heterocycles. The molecule has 0 aliphatic carbocycles. The molecule has 0 unspecified atom stereocenters. The van der Waals surface area contributed by atoms with Crippen molar-refractivity contribution in [2.45, 2.75) is 25.5 Å². The minimum Gasteiger partial charge on any atom is -0.481 e. The highest BCUT2D eigenvalue weighted by Gasteiger charge is 2.49. The van der Waals surface area contributed by atoms with Crippen LogP contribution in [0.1, 0.15) is 17.5 Å². The van der Waals surface area contributed by atoms with Crippen LogP contribution in [0.4, 0.5) is 10.3 Å². The number of aromatic nitrogens is 2. The van der Waals surface area contributed by atoms with Crippen molar-refractivity contribution in [3.05, 3.63) is 53.6 Å². The molecule has 2 aromatic rings. The van der Waals surface area contributed by atoms with Gasteiger partial charge in [0.2, 0.25) is 5.95 Å². The van der Waals surface area contributed by atoms with Gasteiger partial charge in [0, 0.05) is 37.6 Å². The predicted molar refractivity (Wildman–Crippen MR) is 92.5 cm³/mol. The maximum absolute atomic E-state index is 13.5. The lowest BCUT2D eigenvalue weighted by Crippen LogP contribution is -2.56. The van der Waals surface area contributed by atoms with Crippen LogP contribution in [0.5, 0.6) is 0 Å². The number of carbonyl (C=O) groups is 1. The van der Waals surface area contributed by atoms with Crippen LogP contribution in [0.25, 0.3) is 0 Å². The summed E-state index contributed by atoms with van der Waals surface area (Å²) in [5.41, 5.74) is 5.43. The standard InChI is InChI=1S/C18H21FN4O3/c19-14-3-1-2-12(6-14)7-18(16(25)26)11-23(5-4-15(18)24)10-13-8-21-17(20)22-9-13/h1-3,6,8-9,15,24H,4-5,7,10-11H2,(H,25,26)(H2,20,21,22)/t15-,18-/m1/s1. The van der Waals surface area contributed by atoms with Crippen molar-refractivity contribution in [1.82, 2.24) is 14.9 Å². The quantitative estimate of drug-likeness (QED) is 0.731. The highest BCUT2D eigenvalue weighted by Crippen LogP contribution is 2.35. The Balaban J connectivity index is 1.82. The Kier molecular flexibility index (Phi) is 5.15. The molecule has 1 fully saturated rings. The molecule has 0 spiro atoms. The zero-order chi connectivity index (χ0) is 18.7. The number of halogens is 1. The molecule has 26 heavy (non-hydrogen) atoms. The Hall–Kier alpha value is -2.58. The molecule has 1 aromatic carbocycles. The molecule has 8 heteroatoms. The van der Waals surface area contributed by atoms with Gasteiger partial charge in [0.15, 0.2) is 0 Å². The Bertz CT molecular complexity index is 786. The number of carboxylic acids is 1. The third-order valence-corrected chi connectivity index (χ3v) is 4.83. The number of hydrogen-bond donors (Lipinski definition) is 3. The summed E-state index contributed by atoms with van der Waals surface area (Å²) in [6.07, 6.45) is 2.56. The molecular formula is C18H21FN4O3. The number of anilines is 1. The van der Waals surface area contributed by atoms with Crippen molar-refractivity contribution in [3.63, 3.8) is 0 Å². The molecule has 0 radical (unpaired) electrons. The van der Waals surface area contributed by atoms with Crippen LogP contribution in [0.2, 0.25) is 0 Å². The van der Waals surface area contributed by atoms with E-state index >= 15 is 0 Å². The lowest BCUT2D eigenvalue weighted by molar-refractivity contribution is -0.163. The number of nitrogen functional groups attached to an aromatic ring is 1. The SMILES string of the molecule is Nc1ncc(CN2CC[C@@H](O)[C@](Cc3cccc(F)c3)(C(=O)O)C2)cn1. The fraction of sp³-hybridized carbons (Fsp3) is 0.389. The molecule has 2 atom stereocenters. The molecule has 0 bridgehead atoms. The summed E-state index contributed by atoms with van der Waals surface area (Å²) < 4.78 is 13.5. The number of hydrogen-bond acceptors (Lipinski definition) is 6. The molecule has 0 saturated carbocycles. The van der Waals surface area contributed by atoms with E-state index in [1.54, 1.807) is 24.5 Å². The number of likely N-dealkylation sites (tertiary alicyclic amines) is 1. The smallest absolute Gasteiger partial charge is 0.313 e. The monoisotopic (exact) mass is 360 g/mol. The number of nitrogens with two attached hydrogens (primary N) is 1. The van der Waals surface area contributed by atoms with E-state index in [0.29, 0.717) is 25.1 Å². The van der Waals surface area contributed by atoms with Crippen LogP contribution in [0, 0.1) is 11.2 Å². The van der Waals surface area contributed by atoms with Gasteiger partial charge in [-0.3, -0.25) is 9.69 Å². The van der Waals surface area contributed by atoms with E-state index in [1.807, 2.05) is 4.90 Å². The molecule has 2 heterocycles. The van der Waals surface area contributed by atoms with E-state index in [0.717, 1.165) is 5.56 Å². The number of piperidine rings is 1. The number of rotatable bonds is 5. The van der Waals surface area contributed by atoms with Gasteiger partial charge in [-0.2, -0.15) is 0 Å². The highest BCUT2D eigenvalue weighted by atomic mass is 19.1. The molecule has 1 aliphatic rings. The Morgan fingerprint density at radius 2 is 2.08 bits per heavy atom. The number of aliphatic hydroxyl groups is 1. The zero-order valence-electron chi connectivity index (χ0n) is 14.2. The first-order valence-electron chi connectivity index (χ1n) is 8.34. The van der Waals surface area contributed by atoms with E-state index in [9.17, 15) is 19.4 Å². The summed E-state index contributed by atoms with van der Waals surface area (Å²) in [6, 6.07) is 5.83. The molecule has 1 aliphatic heterocycles. The number of nitrogens with zero attached hydrogens (tertiary/aromatic N) is 3. The van der Waals surface area contributed by atoms with E-state index in [2.05, 4.69) is 9.97 Å². The van der Waals surface area contributed by atoms with Crippen molar-refractivity contribution in [2.75, 3.05) is 18.8 Å². The van der Waals surface area contributed by atoms with Crippen LogP contribution in [-0.4, -0.2) is 50.2 Å². The van der Waals surface area contributed by atoms with Crippen molar-refractivity contribution < 1.29 is 19.4 Å². The van der Waals surface area contributed by atoms with E-state index in [1.165, 1.54) is 12.1 Å². The van der Waals surface area contributed by atoms with Crippen molar-refractivity contribution in [3.8, 4) is 0 Å². The summed E-state index contributed by atoms with van der Waals surface area (Å²) >= 11 is 0. The minimum atomic E-state index is -1.40. The van der Waals surface area contributed by atoms with Gasteiger partial charge in [-0.05, 0) is 30.5 Å². The highest BCUT2D eigenvalue weighted by molar-refractivity contribution is 5.76. The van der Waals surface area contributed by atoms with Gasteiger partial charge in [-0.15, -0.1) is 0 Å². The second-order valence-electron chi connectivity index (χ2n) is 6.73. The van der Waals surface area contributed by atoms with Gasteiger partial charge in [0.1, 0.15) is 11.2 Å². The Labute approximate surface area is 150 Å². The fourth-order valence-corrected chi connectivity index (χ4v) is 3.47. The third kappa shape index (κ3) is 3.81. The zero-order valence-corrected chi connectivity index (χ0v) is 14.2. The number of aliphatic hydroxyl groups excluding tert-OH is 1.